The molecular weight excluding hydrogens is 452 g/mol. The molecule has 0 bridgehead atoms. The molecule has 0 aliphatic carbocycles. The first-order valence-corrected chi connectivity index (χ1v) is 12.3. The molecule has 0 atom stereocenters. The Labute approximate surface area is 201 Å². The zero-order valence-corrected chi connectivity index (χ0v) is 20.8. The molecule has 7 nitrogen and oxygen atoms in total. The SMILES string of the molecule is COc1ccc(N(CC(=O)Nc2ccc(C(C)C)cc2)S(=O)(=O)c2cc(C)ccc2OC)cc1. The van der Waals surface area contributed by atoms with Gasteiger partial charge in [-0.2, -0.15) is 0 Å². The van der Waals surface area contributed by atoms with E-state index in [0.717, 1.165) is 15.4 Å². The summed E-state index contributed by atoms with van der Waals surface area (Å²) in [4.78, 5) is 13.0. The molecule has 3 aromatic carbocycles. The number of carbonyl (C=O) groups excluding carboxylic acids is 1. The highest BCUT2D eigenvalue weighted by molar-refractivity contribution is 7.93. The summed E-state index contributed by atoms with van der Waals surface area (Å²) in [5.74, 6) is 0.672. The van der Waals surface area contributed by atoms with E-state index in [1.54, 1.807) is 43.3 Å². The lowest BCUT2D eigenvalue weighted by atomic mass is 10.0. The number of hydrogen-bond donors (Lipinski definition) is 1. The Morgan fingerprint density at radius 1 is 0.941 bits per heavy atom. The van der Waals surface area contributed by atoms with Crippen molar-refractivity contribution in [3.8, 4) is 11.5 Å². The topological polar surface area (TPSA) is 84.9 Å². The Hall–Kier alpha value is -3.52. The van der Waals surface area contributed by atoms with Crippen molar-refractivity contribution in [1.29, 1.82) is 0 Å². The van der Waals surface area contributed by atoms with Gasteiger partial charge in [-0.3, -0.25) is 9.10 Å². The zero-order valence-electron chi connectivity index (χ0n) is 20.0. The number of hydrogen-bond acceptors (Lipinski definition) is 5. The van der Waals surface area contributed by atoms with Crippen LogP contribution in [0.3, 0.4) is 0 Å². The highest BCUT2D eigenvalue weighted by Gasteiger charge is 2.30. The van der Waals surface area contributed by atoms with Crippen LogP contribution in [0.1, 0.15) is 30.9 Å². The van der Waals surface area contributed by atoms with Gasteiger partial charge in [0.25, 0.3) is 10.0 Å². The number of methoxy groups -OCH3 is 2. The molecule has 0 heterocycles. The predicted octanol–water partition coefficient (Wildman–Crippen LogP) is 4.97. The molecule has 0 spiro atoms. The van der Waals surface area contributed by atoms with Crippen LogP contribution < -0.4 is 19.1 Å². The number of sulfonamides is 1. The number of amides is 1. The summed E-state index contributed by atoms with van der Waals surface area (Å²) in [6.45, 7) is 5.55. The summed E-state index contributed by atoms with van der Waals surface area (Å²) in [5.41, 5.74) is 2.82. The van der Waals surface area contributed by atoms with Crippen molar-refractivity contribution in [3.05, 3.63) is 77.9 Å². The number of nitrogens with one attached hydrogen (secondary N) is 1. The number of benzene rings is 3. The lowest BCUT2D eigenvalue weighted by Crippen LogP contribution is -2.38. The van der Waals surface area contributed by atoms with Crippen molar-refractivity contribution in [3.63, 3.8) is 0 Å². The third-order valence-electron chi connectivity index (χ3n) is 5.40. The summed E-state index contributed by atoms with van der Waals surface area (Å²) >= 11 is 0. The van der Waals surface area contributed by atoms with Crippen molar-refractivity contribution >= 4 is 27.3 Å². The Kier molecular flexibility index (Phi) is 7.83. The maximum absolute atomic E-state index is 13.8. The molecule has 0 unspecified atom stereocenters. The highest BCUT2D eigenvalue weighted by Crippen LogP contribution is 2.31. The maximum atomic E-state index is 13.8. The van der Waals surface area contributed by atoms with Crippen molar-refractivity contribution in [2.45, 2.75) is 31.6 Å². The number of nitrogens with zero attached hydrogens (tertiary/aromatic N) is 1. The van der Waals surface area contributed by atoms with Crippen molar-refractivity contribution in [1.82, 2.24) is 0 Å². The molecule has 0 saturated heterocycles. The van der Waals surface area contributed by atoms with Crippen LogP contribution in [0.2, 0.25) is 0 Å². The molecule has 34 heavy (non-hydrogen) atoms. The monoisotopic (exact) mass is 482 g/mol. The normalized spacial score (nSPS) is 11.2. The van der Waals surface area contributed by atoms with Crippen LogP contribution in [0.4, 0.5) is 11.4 Å². The van der Waals surface area contributed by atoms with Gasteiger partial charge in [0.1, 0.15) is 22.9 Å². The average molecular weight is 483 g/mol. The Morgan fingerprint density at radius 3 is 2.15 bits per heavy atom. The minimum Gasteiger partial charge on any atom is -0.497 e. The Morgan fingerprint density at radius 2 is 1.59 bits per heavy atom. The van der Waals surface area contributed by atoms with Crippen LogP contribution in [-0.2, 0) is 14.8 Å². The lowest BCUT2D eigenvalue weighted by Gasteiger charge is -2.25. The highest BCUT2D eigenvalue weighted by atomic mass is 32.2. The summed E-state index contributed by atoms with van der Waals surface area (Å²) in [6.07, 6.45) is 0. The summed E-state index contributed by atoms with van der Waals surface area (Å²) in [5, 5.41) is 2.79. The van der Waals surface area contributed by atoms with E-state index in [4.69, 9.17) is 9.47 Å². The number of rotatable bonds is 9. The van der Waals surface area contributed by atoms with E-state index in [-0.39, 0.29) is 10.6 Å². The minimum absolute atomic E-state index is 0.0140. The largest absolute Gasteiger partial charge is 0.497 e. The molecule has 0 aliphatic rings. The van der Waals surface area contributed by atoms with Gasteiger partial charge >= 0.3 is 0 Å². The van der Waals surface area contributed by atoms with Crippen LogP contribution in [-0.4, -0.2) is 35.1 Å². The number of carbonyl (C=O) groups is 1. The summed E-state index contributed by atoms with van der Waals surface area (Å²) in [6, 6.07) is 18.9. The lowest BCUT2D eigenvalue weighted by molar-refractivity contribution is -0.114. The molecular formula is C26H30N2O5S. The van der Waals surface area contributed by atoms with Crippen LogP contribution in [0, 0.1) is 6.92 Å². The van der Waals surface area contributed by atoms with Crippen LogP contribution in [0.5, 0.6) is 11.5 Å². The van der Waals surface area contributed by atoms with E-state index < -0.39 is 22.5 Å². The van der Waals surface area contributed by atoms with Gasteiger partial charge in [-0.15, -0.1) is 0 Å². The van der Waals surface area contributed by atoms with Gasteiger partial charge in [-0.1, -0.05) is 32.0 Å². The smallest absolute Gasteiger partial charge is 0.268 e. The van der Waals surface area contributed by atoms with Gasteiger partial charge in [0.2, 0.25) is 5.91 Å². The van der Waals surface area contributed by atoms with Gasteiger partial charge in [-0.25, -0.2) is 8.42 Å². The first-order chi connectivity index (χ1) is 16.1. The first-order valence-electron chi connectivity index (χ1n) is 10.9. The molecule has 3 rings (SSSR count). The number of aryl methyl sites for hydroxylation is 1. The fourth-order valence-electron chi connectivity index (χ4n) is 3.45. The molecule has 0 aliphatic heterocycles. The van der Waals surface area contributed by atoms with Crippen molar-refractivity contribution in [2.75, 3.05) is 30.4 Å². The zero-order chi connectivity index (χ0) is 24.9. The second kappa shape index (κ2) is 10.6. The molecule has 8 heteroatoms. The van der Waals surface area contributed by atoms with Crippen LogP contribution >= 0.6 is 0 Å². The van der Waals surface area contributed by atoms with Gasteiger partial charge < -0.3 is 14.8 Å². The van der Waals surface area contributed by atoms with Gasteiger partial charge in [0, 0.05) is 5.69 Å². The molecule has 0 saturated carbocycles. The predicted molar refractivity (Wildman–Crippen MR) is 134 cm³/mol. The Bertz CT molecular complexity index is 1240. The molecule has 0 aromatic heterocycles. The molecule has 1 amide bonds. The van der Waals surface area contributed by atoms with Crippen LogP contribution in [0.25, 0.3) is 0 Å². The van der Waals surface area contributed by atoms with E-state index in [9.17, 15) is 13.2 Å². The maximum Gasteiger partial charge on any atom is 0.268 e. The quantitative estimate of drug-likeness (QED) is 0.465. The number of anilines is 2. The third kappa shape index (κ3) is 5.69. The van der Waals surface area contributed by atoms with E-state index in [1.807, 2.05) is 24.3 Å². The minimum atomic E-state index is -4.14. The second-order valence-electron chi connectivity index (χ2n) is 8.19. The van der Waals surface area contributed by atoms with Crippen molar-refractivity contribution < 1.29 is 22.7 Å². The first kappa shape index (κ1) is 25.1. The van der Waals surface area contributed by atoms with Gasteiger partial charge in [0.05, 0.1) is 19.9 Å². The standard InChI is InChI=1S/C26H30N2O5S/c1-18(2)20-7-9-21(10-8-20)27-26(29)17-28(22-11-13-23(32-4)14-12-22)34(30,31)25-16-19(3)6-15-24(25)33-5/h6-16,18H,17H2,1-5H3,(H,27,29). The number of ether oxygens (including phenoxy) is 2. The van der Waals surface area contributed by atoms with Gasteiger partial charge in [-0.05, 0) is 72.5 Å². The average Bonchev–Trinajstić information content (AvgIpc) is 2.83. The fraction of sp³-hybridized carbons (Fsp3) is 0.269. The van der Waals surface area contributed by atoms with E-state index in [2.05, 4.69) is 19.2 Å². The Balaban J connectivity index is 1.97. The van der Waals surface area contributed by atoms with Crippen molar-refractivity contribution in [2.24, 2.45) is 0 Å². The molecule has 0 fully saturated rings. The van der Waals surface area contributed by atoms with E-state index in [1.165, 1.54) is 20.3 Å². The molecule has 1 N–H and O–H groups in total. The van der Waals surface area contributed by atoms with Crippen LogP contribution in [0.15, 0.2) is 71.6 Å². The van der Waals surface area contributed by atoms with E-state index >= 15 is 0 Å². The van der Waals surface area contributed by atoms with E-state index in [0.29, 0.717) is 23.0 Å². The molecule has 3 aromatic rings. The molecule has 180 valence electrons. The fourth-order valence-corrected chi connectivity index (χ4v) is 5.11. The molecule has 0 radical (unpaired) electrons. The third-order valence-corrected chi connectivity index (χ3v) is 7.19. The summed E-state index contributed by atoms with van der Waals surface area (Å²) < 4.78 is 39.1. The second-order valence-corrected chi connectivity index (χ2v) is 10.0. The van der Waals surface area contributed by atoms with Gasteiger partial charge in [0.15, 0.2) is 0 Å². The summed E-state index contributed by atoms with van der Waals surface area (Å²) in [7, 11) is -1.20.